The van der Waals surface area contributed by atoms with Crippen molar-refractivity contribution in [3.63, 3.8) is 0 Å². The van der Waals surface area contributed by atoms with E-state index in [0.29, 0.717) is 11.8 Å². The Balaban J connectivity index is 1.90. The molecule has 2 fully saturated rings. The Bertz CT molecular complexity index is 329. The van der Waals surface area contributed by atoms with Crippen molar-refractivity contribution in [3.8, 4) is 0 Å². The van der Waals surface area contributed by atoms with Gasteiger partial charge in [-0.3, -0.25) is 10.1 Å². The van der Waals surface area contributed by atoms with Crippen LogP contribution in [0, 0.1) is 17.8 Å². The van der Waals surface area contributed by atoms with Crippen LogP contribution in [-0.2, 0) is 4.79 Å². The zero-order valence-corrected chi connectivity index (χ0v) is 13.7. The predicted octanol–water partition coefficient (Wildman–Crippen LogP) is 3.40. The van der Waals surface area contributed by atoms with E-state index in [-0.39, 0.29) is 12.2 Å². The second-order valence-corrected chi connectivity index (χ2v) is 7.27. The SMILES string of the molecule is CCC1NC(C(C)C)N(CCC2CCCC(C)C2)C1=O. The summed E-state index contributed by atoms with van der Waals surface area (Å²) >= 11 is 0. The van der Waals surface area contributed by atoms with Gasteiger partial charge in [0, 0.05) is 6.54 Å². The highest BCUT2D eigenvalue weighted by atomic mass is 16.2. The van der Waals surface area contributed by atoms with E-state index in [1.54, 1.807) is 0 Å². The maximum absolute atomic E-state index is 12.5. The summed E-state index contributed by atoms with van der Waals surface area (Å²) in [5.74, 6) is 2.53. The minimum Gasteiger partial charge on any atom is -0.326 e. The summed E-state index contributed by atoms with van der Waals surface area (Å²) in [4.78, 5) is 14.6. The zero-order chi connectivity index (χ0) is 14.7. The van der Waals surface area contributed by atoms with Crippen molar-refractivity contribution >= 4 is 5.91 Å². The first kappa shape index (κ1) is 15.8. The molecule has 1 aliphatic heterocycles. The lowest BCUT2D eigenvalue weighted by Crippen LogP contribution is -2.42. The predicted molar refractivity (Wildman–Crippen MR) is 83.3 cm³/mol. The fraction of sp³-hybridized carbons (Fsp3) is 0.941. The topological polar surface area (TPSA) is 32.3 Å². The minimum atomic E-state index is 0.0488. The number of hydrogen-bond donors (Lipinski definition) is 1. The van der Waals surface area contributed by atoms with Crippen LogP contribution in [0.2, 0.25) is 0 Å². The Kier molecular flexibility index (Phi) is 5.48. The summed E-state index contributed by atoms with van der Waals surface area (Å²) < 4.78 is 0. The molecule has 1 N–H and O–H groups in total. The van der Waals surface area contributed by atoms with Crippen LogP contribution >= 0.6 is 0 Å². The highest BCUT2D eigenvalue weighted by molar-refractivity contribution is 5.84. The fourth-order valence-electron chi connectivity index (χ4n) is 3.94. The van der Waals surface area contributed by atoms with Gasteiger partial charge in [-0.25, -0.2) is 0 Å². The first-order valence-electron chi connectivity index (χ1n) is 8.59. The van der Waals surface area contributed by atoms with Crippen LogP contribution in [0.3, 0.4) is 0 Å². The van der Waals surface area contributed by atoms with E-state index in [1.165, 1.54) is 32.1 Å². The lowest BCUT2D eigenvalue weighted by atomic mass is 9.81. The Hall–Kier alpha value is -0.570. The third kappa shape index (κ3) is 3.55. The largest absolute Gasteiger partial charge is 0.326 e. The van der Waals surface area contributed by atoms with Gasteiger partial charge in [0.05, 0.1) is 12.2 Å². The normalized spacial score (nSPS) is 35.0. The second-order valence-electron chi connectivity index (χ2n) is 7.27. The molecule has 0 spiro atoms. The molecule has 1 heterocycles. The van der Waals surface area contributed by atoms with E-state index in [2.05, 4.69) is 37.9 Å². The molecule has 0 bridgehead atoms. The fourth-order valence-corrected chi connectivity index (χ4v) is 3.94. The number of carbonyl (C=O) groups excluding carboxylic acids is 1. The molecule has 2 aliphatic rings. The molecule has 0 radical (unpaired) electrons. The monoisotopic (exact) mass is 280 g/mol. The van der Waals surface area contributed by atoms with E-state index in [9.17, 15) is 4.79 Å². The molecule has 4 unspecified atom stereocenters. The van der Waals surface area contributed by atoms with Crippen molar-refractivity contribution in [1.29, 1.82) is 0 Å². The Labute approximate surface area is 124 Å². The van der Waals surface area contributed by atoms with Gasteiger partial charge in [-0.1, -0.05) is 47.0 Å². The molecule has 3 nitrogen and oxygen atoms in total. The molecule has 20 heavy (non-hydrogen) atoms. The molecule has 4 atom stereocenters. The van der Waals surface area contributed by atoms with Crippen LogP contribution in [-0.4, -0.2) is 29.6 Å². The zero-order valence-electron chi connectivity index (χ0n) is 13.7. The van der Waals surface area contributed by atoms with Crippen molar-refractivity contribution in [2.24, 2.45) is 17.8 Å². The maximum Gasteiger partial charge on any atom is 0.241 e. The summed E-state index contributed by atoms with van der Waals surface area (Å²) in [6, 6.07) is 0.0488. The lowest BCUT2D eigenvalue weighted by Gasteiger charge is -2.31. The van der Waals surface area contributed by atoms with Gasteiger partial charge < -0.3 is 4.90 Å². The summed E-state index contributed by atoms with van der Waals surface area (Å²) in [7, 11) is 0. The standard InChI is InChI=1S/C17H32N2O/c1-5-15-17(20)19(16(18-15)12(2)3)10-9-14-8-6-7-13(4)11-14/h12-16,18H,5-11H2,1-4H3. The Morgan fingerprint density at radius 3 is 2.70 bits per heavy atom. The summed E-state index contributed by atoms with van der Waals surface area (Å²) in [6.07, 6.45) is 7.84. The van der Waals surface area contributed by atoms with Crippen LogP contribution in [0.15, 0.2) is 0 Å². The molecule has 1 aliphatic carbocycles. The molecule has 0 aromatic heterocycles. The Morgan fingerprint density at radius 2 is 2.10 bits per heavy atom. The molecular formula is C17H32N2O. The van der Waals surface area contributed by atoms with Gasteiger partial charge in [-0.05, 0) is 37.0 Å². The third-order valence-corrected chi connectivity index (χ3v) is 5.15. The Morgan fingerprint density at radius 1 is 1.35 bits per heavy atom. The van der Waals surface area contributed by atoms with E-state index in [4.69, 9.17) is 0 Å². The first-order valence-corrected chi connectivity index (χ1v) is 8.59. The van der Waals surface area contributed by atoms with Crippen molar-refractivity contribution < 1.29 is 4.79 Å². The van der Waals surface area contributed by atoms with Gasteiger partial charge in [0.15, 0.2) is 0 Å². The summed E-state index contributed by atoms with van der Waals surface area (Å²) in [6.45, 7) is 9.83. The molecule has 116 valence electrons. The highest BCUT2D eigenvalue weighted by Gasteiger charge is 2.39. The molecule has 2 rings (SSSR count). The number of rotatable bonds is 5. The van der Waals surface area contributed by atoms with E-state index in [0.717, 1.165) is 24.8 Å². The molecule has 1 amide bonds. The van der Waals surface area contributed by atoms with E-state index >= 15 is 0 Å². The van der Waals surface area contributed by atoms with Crippen LogP contribution in [0.5, 0.6) is 0 Å². The number of nitrogens with one attached hydrogen (secondary N) is 1. The van der Waals surface area contributed by atoms with Crippen LogP contribution < -0.4 is 5.32 Å². The van der Waals surface area contributed by atoms with E-state index in [1.807, 2.05) is 0 Å². The van der Waals surface area contributed by atoms with Crippen molar-refractivity contribution in [2.45, 2.75) is 78.4 Å². The summed E-state index contributed by atoms with van der Waals surface area (Å²) in [5.41, 5.74) is 0. The average molecular weight is 280 g/mol. The molecule has 0 aromatic rings. The van der Waals surface area contributed by atoms with Gasteiger partial charge in [-0.15, -0.1) is 0 Å². The van der Waals surface area contributed by atoms with Crippen LogP contribution in [0.1, 0.15) is 66.2 Å². The summed E-state index contributed by atoms with van der Waals surface area (Å²) in [5, 5.41) is 3.51. The number of nitrogens with zero attached hydrogens (tertiary/aromatic N) is 1. The highest BCUT2D eigenvalue weighted by Crippen LogP contribution is 2.31. The first-order chi connectivity index (χ1) is 9.52. The maximum atomic E-state index is 12.5. The molecule has 1 saturated carbocycles. The van der Waals surface area contributed by atoms with Gasteiger partial charge in [0.1, 0.15) is 0 Å². The smallest absolute Gasteiger partial charge is 0.241 e. The van der Waals surface area contributed by atoms with Crippen LogP contribution in [0.25, 0.3) is 0 Å². The van der Waals surface area contributed by atoms with Crippen molar-refractivity contribution in [2.75, 3.05) is 6.54 Å². The molecular weight excluding hydrogens is 248 g/mol. The van der Waals surface area contributed by atoms with Gasteiger partial charge in [-0.2, -0.15) is 0 Å². The minimum absolute atomic E-state index is 0.0488. The van der Waals surface area contributed by atoms with E-state index < -0.39 is 0 Å². The van der Waals surface area contributed by atoms with Gasteiger partial charge in [0.2, 0.25) is 5.91 Å². The van der Waals surface area contributed by atoms with Crippen molar-refractivity contribution in [3.05, 3.63) is 0 Å². The second kappa shape index (κ2) is 6.93. The molecule has 0 aromatic carbocycles. The number of amides is 1. The number of hydrogen-bond acceptors (Lipinski definition) is 2. The average Bonchev–Trinajstić information content (AvgIpc) is 2.73. The van der Waals surface area contributed by atoms with Crippen molar-refractivity contribution in [1.82, 2.24) is 10.2 Å². The number of carbonyl (C=O) groups is 1. The van der Waals surface area contributed by atoms with Gasteiger partial charge in [0.25, 0.3) is 0 Å². The molecule has 1 saturated heterocycles. The third-order valence-electron chi connectivity index (χ3n) is 5.15. The lowest BCUT2D eigenvalue weighted by molar-refractivity contribution is -0.130. The quantitative estimate of drug-likeness (QED) is 0.837. The molecule has 3 heteroatoms. The van der Waals surface area contributed by atoms with Crippen LogP contribution in [0.4, 0.5) is 0 Å². The van der Waals surface area contributed by atoms with Gasteiger partial charge >= 0.3 is 0 Å².